The Kier molecular flexibility index (Phi) is 3.69. The van der Waals surface area contributed by atoms with E-state index in [1.165, 1.54) is 18.4 Å². The number of pyridine rings is 1. The van der Waals surface area contributed by atoms with E-state index in [0.717, 1.165) is 19.5 Å². The lowest BCUT2D eigenvalue weighted by Gasteiger charge is -2.23. The van der Waals surface area contributed by atoms with Crippen LogP contribution in [0.15, 0.2) is 24.5 Å². The van der Waals surface area contributed by atoms with Gasteiger partial charge in [-0.15, -0.1) is 0 Å². The number of aliphatic hydroxyl groups is 1. The van der Waals surface area contributed by atoms with Crippen LogP contribution in [-0.4, -0.2) is 34.2 Å². The molecule has 3 heteroatoms. The summed E-state index contributed by atoms with van der Waals surface area (Å²) >= 11 is 0. The molecule has 1 fully saturated rings. The average molecular weight is 206 g/mol. The molecule has 2 rings (SSSR count). The Morgan fingerprint density at radius 1 is 1.40 bits per heavy atom. The summed E-state index contributed by atoms with van der Waals surface area (Å²) in [6, 6.07) is 4.70. The summed E-state index contributed by atoms with van der Waals surface area (Å²) in [5.74, 6) is 0. The average Bonchev–Trinajstić information content (AvgIpc) is 2.68. The van der Waals surface area contributed by atoms with Crippen molar-refractivity contribution in [1.82, 2.24) is 9.88 Å². The van der Waals surface area contributed by atoms with Gasteiger partial charge in [-0.25, -0.2) is 0 Å². The zero-order chi connectivity index (χ0) is 10.5. The van der Waals surface area contributed by atoms with E-state index in [-0.39, 0.29) is 0 Å². The molecule has 0 aromatic carbocycles. The van der Waals surface area contributed by atoms with Crippen LogP contribution in [0.1, 0.15) is 24.8 Å². The number of likely N-dealkylation sites (tertiary alicyclic amines) is 1. The highest BCUT2D eigenvalue weighted by Crippen LogP contribution is 2.21. The molecule has 2 heterocycles. The van der Waals surface area contributed by atoms with Crippen LogP contribution < -0.4 is 0 Å². The Morgan fingerprint density at radius 3 is 2.93 bits per heavy atom. The molecule has 0 bridgehead atoms. The molecule has 82 valence electrons. The quantitative estimate of drug-likeness (QED) is 0.809. The van der Waals surface area contributed by atoms with Gasteiger partial charge in [-0.3, -0.25) is 9.88 Å². The van der Waals surface area contributed by atoms with Crippen LogP contribution in [0.5, 0.6) is 0 Å². The van der Waals surface area contributed by atoms with Crippen molar-refractivity contribution in [3.8, 4) is 0 Å². The van der Waals surface area contributed by atoms with Gasteiger partial charge in [-0.05, 0) is 43.5 Å². The summed E-state index contributed by atoms with van der Waals surface area (Å²) in [4.78, 5) is 6.48. The van der Waals surface area contributed by atoms with Gasteiger partial charge >= 0.3 is 0 Å². The first kappa shape index (κ1) is 10.6. The minimum Gasteiger partial charge on any atom is -0.396 e. The molecule has 0 saturated carbocycles. The molecule has 1 aromatic heterocycles. The molecule has 1 atom stereocenters. The topological polar surface area (TPSA) is 36.4 Å². The highest BCUT2D eigenvalue weighted by Gasteiger charge is 2.23. The predicted molar refractivity (Wildman–Crippen MR) is 59.4 cm³/mol. The van der Waals surface area contributed by atoms with Crippen molar-refractivity contribution in [1.29, 1.82) is 0 Å². The van der Waals surface area contributed by atoms with E-state index in [0.29, 0.717) is 12.6 Å². The van der Waals surface area contributed by atoms with Crippen LogP contribution in [0.3, 0.4) is 0 Å². The minimum absolute atomic E-state index is 0.303. The molecular formula is C12H18N2O. The largest absolute Gasteiger partial charge is 0.396 e. The second-order valence-corrected chi connectivity index (χ2v) is 4.13. The lowest BCUT2D eigenvalue weighted by molar-refractivity contribution is 0.190. The molecular weight excluding hydrogens is 188 g/mol. The molecule has 0 aliphatic carbocycles. The van der Waals surface area contributed by atoms with Gasteiger partial charge in [-0.2, -0.15) is 0 Å². The fraction of sp³-hybridized carbons (Fsp3) is 0.583. The van der Waals surface area contributed by atoms with Crippen LogP contribution in [-0.2, 0) is 6.54 Å². The first-order valence-corrected chi connectivity index (χ1v) is 5.64. The van der Waals surface area contributed by atoms with Gasteiger partial charge < -0.3 is 5.11 Å². The second kappa shape index (κ2) is 5.24. The second-order valence-electron chi connectivity index (χ2n) is 4.13. The number of hydrogen-bond acceptors (Lipinski definition) is 3. The van der Waals surface area contributed by atoms with Gasteiger partial charge in [0.05, 0.1) is 0 Å². The van der Waals surface area contributed by atoms with Gasteiger partial charge in [0.2, 0.25) is 0 Å². The number of hydrogen-bond donors (Lipinski definition) is 1. The van der Waals surface area contributed by atoms with Crippen molar-refractivity contribution >= 4 is 0 Å². The fourth-order valence-electron chi connectivity index (χ4n) is 2.30. The molecule has 1 aromatic rings. The Labute approximate surface area is 90.8 Å². The SMILES string of the molecule is OCCC1CCCN1Cc1ccncc1. The third kappa shape index (κ3) is 2.76. The lowest BCUT2D eigenvalue weighted by atomic mass is 10.1. The van der Waals surface area contributed by atoms with Crippen LogP contribution in [0.25, 0.3) is 0 Å². The Bertz CT molecular complexity index is 289. The highest BCUT2D eigenvalue weighted by molar-refractivity contribution is 5.09. The summed E-state index contributed by atoms with van der Waals surface area (Å²) in [7, 11) is 0. The summed E-state index contributed by atoms with van der Waals surface area (Å²) in [6.45, 7) is 2.46. The van der Waals surface area contributed by atoms with Crippen LogP contribution in [0.4, 0.5) is 0 Å². The van der Waals surface area contributed by atoms with Gasteiger partial charge in [0.15, 0.2) is 0 Å². The normalized spacial score (nSPS) is 22.1. The maximum absolute atomic E-state index is 8.97. The van der Waals surface area contributed by atoms with Crippen molar-refractivity contribution in [2.75, 3.05) is 13.2 Å². The Balaban J connectivity index is 1.93. The van der Waals surface area contributed by atoms with Crippen LogP contribution in [0.2, 0.25) is 0 Å². The zero-order valence-electron chi connectivity index (χ0n) is 8.97. The number of aliphatic hydroxyl groups excluding tert-OH is 1. The number of rotatable bonds is 4. The Hall–Kier alpha value is -0.930. The van der Waals surface area contributed by atoms with Crippen molar-refractivity contribution in [3.05, 3.63) is 30.1 Å². The minimum atomic E-state index is 0.303. The summed E-state index contributed by atoms with van der Waals surface area (Å²) in [5.41, 5.74) is 1.31. The zero-order valence-corrected chi connectivity index (χ0v) is 8.97. The van der Waals surface area contributed by atoms with E-state index >= 15 is 0 Å². The molecule has 1 aliphatic heterocycles. The predicted octanol–water partition coefficient (Wildman–Crippen LogP) is 1.43. The van der Waals surface area contributed by atoms with Crippen molar-refractivity contribution in [2.24, 2.45) is 0 Å². The highest BCUT2D eigenvalue weighted by atomic mass is 16.3. The van der Waals surface area contributed by atoms with Gasteiger partial charge in [-0.1, -0.05) is 0 Å². The maximum atomic E-state index is 8.97. The van der Waals surface area contributed by atoms with Crippen molar-refractivity contribution in [2.45, 2.75) is 31.8 Å². The molecule has 1 aliphatic rings. The first-order chi connectivity index (χ1) is 7.40. The number of nitrogens with zero attached hydrogens (tertiary/aromatic N) is 2. The lowest BCUT2D eigenvalue weighted by Crippen LogP contribution is -2.29. The summed E-state index contributed by atoms with van der Waals surface area (Å²) in [6.07, 6.45) is 7.07. The molecule has 15 heavy (non-hydrogen) atoms. The molecule has 0 spiro atoms. The first-order valence-electron chi connectivity index (χ1n) is 5.64. The third-order valence-corrected chi connectivity index (χ3v) is 3.10. The molecule has 0 radical (unpaired) electrons. The van der Waals surface area contributed by atoms with Gasteiger partial charge in [0.25, 0.3) is 0 Å². The van der Waals surface area contributed by atoms with E-state index in [9.17, 15) is 0 Å². The summed E-state index contributed by atoms with van der Waals surface area (Å²) < 4.78 is 0. The molecule has 1 saturated heterocycles. The maximum Gasteiger partial charge on any atom is 0.0445 e. The van der Waals surface area contributed by atoms with E-state index in [2.05, 4.69) is 22.0 Å². The fourth-order valence-corrected chi connectivity index (χ4v) is 2.30. The standard InChI is InChI=1S/C12H18N2O/c15-9-5-12-2-1-8-14(12)10-11-3-6-13-7-4-11/h3-4,6-7,12,15H,1-2,5,8-10H2. The van der Waals surface area contributed by atoms with Gasteiger partial charge in [0, 0.05) is 31.6 Å². The molecule has 1 N–H and O–H groups in total. The van der Waals surface area contributed by atoms with E-state index < -0.39 is 0 Å². The van der Waals surface area contributed by atoms with E-state index in [1.54, 1.807) is 0 Å². The van der Waals surface area contributed by atoms with Crippen LogP contribution in [0, 0.1) is 0 Å². The van der Waals surface area contributed by atoms with Crippen LogP contribution >= 0.6 is 0 Å². The van der Waals surface area contributed by atoms with Gasteiger partial charge in [0.1, 0.15) is 0 Å². The van der Waals surface area contributed by atoms with Crippen molar-refractivity contribution in [3.63, 3.8) is 0 Å². The van der Waals surface area contributed by atoms with E-state index in [1.807, 2.05) is 12.4 Å². The molecule has 0 amide bonds. The van der Waals surface area contributed by atoms with Crippen molar-refractivity contribution < 1.29 is 5.11 Å². The monoisotopic (exact) mass is 206 g/mol. The van der Waals surface area contributed by atoms with E-state index in [4.69, 9.17) is 5.11 Å². The summed E-state index contributed by atoms with van der Waals surface area (Å²) in [5, 5.41) is 8.97. The molecule has 3 nitrogen and oxygen atoms in total. The number of aromatic nitrogens is 1. The Morgan fingerprint density at radius 2 is 2.20 bits per heavy atom. The molecule has 1 unspecified atom stereocenters. The third-order valence-electron chi connectivity index (χ3n) is 3.10. The smallest absolute Gasteiger partial charge is 0.0445 e.